The number of rotatable bonds is 0. The summed E-state index contributed by atoms with van der Waals surface area (Å²) in [7, 11) is 0. The molecule has 0 aliphatic heterocycles. The van der Waals surface area contributed by atoms with Gasteiger partial charge in [-0.05, 0) is 0 Å². The summed E-state index contributed by atoms with van der Waals surface area (Å²) >= 11 is 0. The van der Waals surface area contributed by atoms with E-state index in [2.05, 4.69) is 0 Å². The van der Waals surface area contributed by atoms with Crippen LogP contribution in [-0.2, 0) is 0 Å². The van der Waals surface area contributed by atoms with E-state index in [4.69, 9.17) is 10.2 Å². The zero-order chi connectivity index (χ0) is 11.0. The lowest BCUT2D eigenvalue weighted by atomic mass is 10.4. The van der Waals surface area contributed by atoms with E-state index >= 15 is 0 Å². The van der Waals surface area contributed by atoms with Crippen LogP contribution in [0, 0.1) is 0 Å². The fourth-order valence-corrected chi connectivity index (χ4v) is 0.739. The lowest BCUT2D eigenvalue weighted by molar-refractivity contribution is 0.398. The van der Waals surface area contributed by atoms with Crippen LogP contribution in [0.4, 0.5) is 0 Å². The summed E-state index contributed by atoms with van der Waals surface area (Å²) < 4.78 is 0. The van der Waals surface area contributed by atoms with Crippen LogP contribution in [0.2, 0.25) is 0 Å². The highest BCUT2D eigenvalue weighted by atomic mass is 16.3. The van der Waals surface area contributed by atoms with Gasteiger partial charge < -0.3 is 10.2 Å². The Balaban J connectivity index is 4.43. The first-order valence-electron chi connectivity index (χ1n) is 3.22. The van der Waals surface area contributed by atoms with Crippen molar-refractivity contribution in [2.45, 2.75) is 0 Å². The van der Waals surface area contributed by atoms with Gasteiger partial charge in [-0.25, -0.2) is 0 Å². The number of hydrogen-bond donors (Lipinski definition) is 2. The quantitative estimate of drug-likeness (QED) is 0.419. The third kappa shape index (κ3) is 1.11. The van der Waals surface area contributed by atoms with Crippen molar-refractivity contribution in [2.75, 3.05) is 0 Å². The van der Waals surface area contributed by atoms with E-state index in [0.717, 1.165) is 0 Å². The molecular weight excluding hydrogens is 196 g/mol. The molecule has 0 saturated carbocycles. The first-order chi connectivity index (χ1) is 6.37. The SMILES string of the molecule is O=c1c(O)c(O)c(=O)c(=O)c(=O)c1=O. The van der Waals surface area contributed by atoms with Crippen LogP contribution >= 0.6 is 0 Å². The molecule has 1 aromatic rings. The zero-order valence-corrected chi connectivity index (χ0v) is 6.44. The van der Waals surface area contributed by atoms with Crippen molar-refractivity contribution in [1.29, 1.82) is 0 Å². The van der Waals surface area contributed by atoms with Gasteiger partial charge in [-0.2, -0.15) is 0 Å². The molecule has 7 nitrogen and oxygen atoms in total. The lowest BCUT2D eigenvalue weighted by Crippen LogP contribution is -2.46. The molecule has 14 heavy (non-hydrogen) atoms. The van der Waals surface area contributed by atoms with Gasteiger partial charge in [0.05, 0.1) is 0 Å². The van der Waals surface area contributed by atoms with Gasteiger partial charge in [0, 0.05) is 0 Å². The summed E-state index contributed by atoms with van der Waals surface area (Å²) in [6.07, 6.45) is 0. The fourth-order valence-electron chi connectivity index (χ4n) is 0.739. The Bertz CT molecular complexity index is 592. The minimum absolute atomic E-state index is 1.58. The van der Waals surface area contributed by atoms with E-state index in [-0.39, 0.29) is 0 Å². The molecule has 0 heterocycles. The summed E-state index contributed by atoms with van der Waals surface area (Å²) in [5, 5.41) is 17.5. The number of aromatic hydroxyl groups is 2. The fraction of sp³-hybridized carbons (Fsp3) is 0. The standard InChI is InChI=1S/C7H2O7/c8-1-2(9)4(11)6(13)7(14)5(12)3(1)10/h8-9H. The van der Waals surface area contributed by atoms with Gasteiger partial charge >= 0.3 is 0 Å². The van der Waals surface area contributed by atoms with E-state index in [0.29, 0.717) is 0 Å². The molecule has 0 spiro atoms. The third-order valence-electron chi connectivity index (χ3n) is 1.48. The van der Waals surface area contributed by atoms with Gasteiger partial charge in [-0.1, -0.05) is 0 Å². The molecule has 2 N–H and O–H groups in total. The van der Waals surface area contributed by atoms with Crippen molar-refractivity contribution in [3.63, 3.8) is 0 Å². The first-order valence-corrected chi connectivity index (χ1v) is 3.22. The van der Waals surface area contributed by atoms with Crippen molar-refractivity contribution < 1.29 is 10.2 Å². The van der Waals surface area contributed by atoms with Crippen molar-refractivity contribution in [3.05, 3.63) is 51.1 Å². The average Bonchev–Trinajstić information content (AvgIpc) is 2.23. The highest BCUT2D eigenvalue weighted by molar-refractivity contribution is 5.35. The van der Waals surface area contributed by atoms with Crippen LogP contribution in [0.1, 0.15) is 0 Å². The van der Waals surface area contributed by atoms with E-state index in [1.165, 1.54) is 0 Å². The van der Waals surface area contributed by atoms with Crippen LogP contribution < -0.4 is 27.1 Å². The van der Waals surface area contributed by atoms with Crippen LogP contribution in [-0.4, -0.2) is 10.2 Å². The second-order valence-corrected chi connectivity index (χ2v) is 2.34. The van der Waals surface area contributed by atoms with Crippen molar-refractivity contribution in [1.82, 2.24) is 0 Å². The maximum absolute atomic E-state index is 10.7. The van der Waals surface area contributed by atoms with E-state index in [1.807, 2.05) is 0 Å². The average molecular weight is 198 g/mol. The minimum atomic E-state index is -1.87. The molecule has 0 aliphatic rings. The van der Waals surface area contributed by atoms with Gasteiger partial charge in [-0.15, -0.1) is 0 Å². The Morgan fingerprint density at radius 1 is 0.500 bits per heavy atom. The minimum Gasteiger partial charge on any atom is -0.501 e. The second-order valence-electron chi connectivity index (χ2n) is 2.34. The molecule has 7 heteroatoms. The van der Waals surface area contributed by atoms with Crippen molar-refractivity contribution in [3.8, 4) is 11.5 Å². The molecule has 1 rings (SSSR count). The van der Waals surface area contributed by atoms with Crippen LogP contribution in [0.25, 0.3) is 0 Å². The monoisotopic (exact) mass is 198 g/mol. The second kappa shape index (κ2) is 2.87. The molecule has 0 radical (unpaired) electrons. The molecule has 0 fully saturated rings. The maximum Gasteiger partial charge on any atom is 0.281 e. The molecule has 0 bridgehead atoms. The van der Waals surface area contributed by atoms with Gasteiger partial charge in [0.15, 0.2) is 0 Å². The highest BCUT2D eigenvalue weighted by Gasteiger charge is 2.16. The molecular formula is C7H2O7. The van der Waals surface area contributed by atoms with Crippen LogP contribution in [0.5, 0.6) is 11.5 Å². The lowest BCUT2D eigenvalue weighted by Gasteiger charge is -1.83. The van der Waals surface area contributed by atoms with Gasteiger partial charge in [0.2, 0.25) is 11.5 Å². The topological polar surface area (TPSA) is 126 Å². The Morgan fingerprint density at radius 3 is 1.00 bits per heavy atom. The Morgan fingerprint density at radius 2 is 0.714 bits per heavy atom. The molecule has 0 atom stereocenters. The van der Waals surface area contributed by atoms with Gasteiger partial charge in [0.25, 0.3) is 27.1 Å². The largest absolute Gasteiger partial charge is 0.501 e. The summed E-state index contributed by atoms with van der Waals surface area (Å²) in [6.45, 7) is 0. The highest BCUT2D eigenvalue weighted by Crippen LogP contribution is 2.08. The predicted octanol–water partition coefficient (Wildman–Crippen LogP) is -3.23. The number of hydrogen-bond acceptors (Lipinski definition) is 7. The molecule has 0 saturated heterocycles. The molecule has 72 valence electrons. The van der Waals surface area contributed by atoms with Gasteiger partial charge in [-0.3, -0.25) is 24.0 Å². The van der Waals surface area contributed by atoms with Crippen LogP contribution in [0.15, 0.2) is 24.0 Å². The molecule has 1 aromatic carbocycles. The van der Waals surface area contributed by atoms with E-state index in [1.54, 1.807) is 0 Å². The zero-order valence-electron chi connectivity index (χ0n) is 6.44. The molecule has 0 aliphatic carbocycles. The molecule has 0 unspecified atom stereocenters. The van der Waals surface area contributed by atoms with Crippen molar-refractivity contribution in [2.24, 2.45) is 0 Å². The van der Waals surface area contributed by atoms with Crippen molar-refractivity contribution >= 4 is 0 Å². The smallest absolute Gasteiger partial charge is 0.281 e. The summed E-state index contributed by atoms with van der Waals surface area (Å²) in [5.74, 6) is -3.17. The van der Waals surface area contributed by atoms with Crippen LogP contribution in [0.3, 0.4) is 0 Å². The Kier molecular flexibility index (Phi) is 2.01. The third-order valence-corrected chi connectivity index (χ3v) is 1.48. The summed E-state index contributed by atoms with van der Waals surface area (Å²) in [5.41, 5.74) is -9.09. The van der Waals surface area contributed by atoms with E-state index < -0.39 is 38.6 Å². The summed E-state index contributed by atoms with van der Waals surface area (Å²) in [4.78, 5) is 53.5. The Hall–Kier alpha value is -2.31. The Labute approximate surface area is 73.8 Å². The normalized spacial score (nSPS) is 10.0. The molecule has 0 aromatic heterocycles. The molecule has 0 amide bonds. The van der Waals surface area contributed by atoms with Gasteiger partial charge in [0.1, 0.15) is 0 Å². The summed E-state index contributed by atoms with van der Waals surface area (Å²) in [6, 6.07) is 0. The first kappa shape index (κ1) is 9.78. The predicted molar refractivity (Wildman–Crippen MR) is 43.5 cm³/mol. The maximum atomic E-state index is 10.7. The van der Waals surface area contributed by atoms with E-state index in [9.17, 15) is 24.0 Å².